The van der Waals surface area contributed by atoms with Crippen LogP contribution in [0.25, 0.3) is 0 Å². The summed E-state index contributed by atoms with van der Waals surface area (Å²) in [6, 6.07) is 0. The highest BCUT2D eigenvalue weighted by molar-refractivity contribution is 6.23. The van der Waals surface area contributed by atoms with Crippen LogP contribution in [0.4, 0.5) is 0 Å². The predicted octanol–water partition coefficient (Wildman–Crippen LogP) is 2.53. The Labute approximate surface area is 219 Å². The molecule has 206 valence electrons. The van der Waals surface area contributed by atoms with Gasteiger partial charge in [0.25, 0.3) is 5.91 Å². The first-order chi connectivity index (χ1) is 17.4. The average molecular weight is 520 g/mol. The van der Waals surface area contributed by atoms with Crippen LogP contribution in [0.2, 0.25) is 0 Å². The van der Waals surface area contributed by atoms with Gasteiger partial charge >= 0.3 is 0 Å². The molecule has 0 spiro atoms. The number of ketones is 2. The van der Waals surface area contributed by atoms with E-state index >= 15 is 0 Å². The van der Waals surface area contributed by atoms with E-state index in [0.717, 1.165) is 6.08 Å². The molecule has 0 saturated carbocycles. The van der Waals surface area contributed by atoms with E-state index < -0.39 is 41.9 Å². The maximum Gasteiger partial charge on any atom is 0.251 e. The lowest BCUT2D eigenvalue weighted by Crippen LogP contribution is -2.36. The number of fused-ring (bicyclic) bond motifs is 2. The van der Waals surface area contributed by atoms with Crippen molar-refractivity contribution in [2.75, 3.05) is 21.3 Å². The molecular formula is C28H41NO8. The first-order valence-electron chi connectivity index (χ1n) is 12.6. The van der Waals surface area contributed by atoms with Gasteiger partial charge in [-0.15, -0.1) is 0 Å². The minimum atomic E-state index is -0.892. The minimum absolute atomic E-state index is 0.0472. The lowest BCUT2D eigenvalue weighted by atomic mass is 9.85. The normalized spacial score (nSPS) is 34.2. The van der Waals surface area contributed by atoms with Crippen molar-refractivity contribution >= 4 is 17.5 Å². The van der Waals surface area contributed by atoms with E-state index in [1.165, 1.54) is 21.3 Å². The molecule has 0 fully saturated rings. The van der Waals surface area contributed by atoms with Gasteiger partial charge in [-0.3, -0.25) is 14.4 Å². The number of ether oxygens (including phenoxy) is 3. The first-order valence-corrected chi connectivity index (χ1v) is 12.6. The maximum absolute atomic E-state index is 13.3. The van der Waals surface area contributed by atoms with E-state index in [1.807, 2.05) is 19.9 Å². The highest BCUT2D eigenvalue weighted by atomic mass is 16.5. The fourth-order valence-electron chi connectivity index (χ4n) is 4.81. The molecule has 0 aromatic heterocycles. The van der Waals surface area contributed by atoms with Crippen molar-refractivity contribution in [1.29, 1.82) is 0 Å². The van der Waals surface area contributed by atoms with Crippen LogP contribution in [0.3, 0.4) is 0 Å². The zero-order valence-corrected chi connectivity index (χ0v) is 22.9. The number of aliphatic hydroxyl groups excluding tert-OH is 2. The van der Waals surface area contributed by atoms with Gasteiger partial charge in [0.15, 0.2) is 5.76 Å². The molecular weight excluding hydrogens is 478 g/mol. The van der Waals surface area contributed by atoms with Gasteiger partial charge in [-0.2, -0.15) is 0 Å². The lowest BCUT2D eigenvalue weighted by molar-refractivity contribution is -0.120. The van der Waals surface area contributed by atoms with Crippen molar-refractivity contribution in [3.05, 3.63) is 46.4 Å². The van der Waals surface area contributed by atoms with Gasteiger partial charge in [-0.25, -0.2) is 0 Å². The highest BCUT2D eigenvalue weighted by Gasteiger charge is 2.33. The van der Waals surface area contributed by atoms with Crippen molar-refractivity contribution in [3.8, 4) is 0 Å². The number of amides is 1. The summed E-state index contributed by atoms with van der Waals surface area (Å²) in [4.78, 5) is 38.8. The Kier molecular flexibility index (Phi) is 11.4. The van der Waals surface area contributed by atoms with Gasteiger partial charge in [0.2, 0.25) is 11.6 Å². The molecule has 1 amide bonds. The van der Waals surface area contributed by atoms with E-state index in [1.54, 1.807) is 19.9 Å². The summed E-state index contributed by atoms with van der Waals surface area (Å²) in [7, 11) is 4.35. The molecule has 3 N–H and O–H groups in total. The molecule has 2 aliphatic rings. The number of nitrogens with one attached hydrogen (secondary N) is 1. The zero-order valence-electron chi connectivity index (χ0n) is 22.9. The summed E-state index contributed by atoms with van der Waals surface area (Å²) in [5.41, 5.74) is 1.10. The molecule has 1 heterocycles. The summed E-state index contributed by atoms with van der Waals surface area (Å²) < 4.78 is 16.3. The molecule has 0 aromatic carbocycles. The molecule has 9 nitrogen and oxygen atoms in total. The lowest BCUT2D eigenvalue weighted by Gasteiger charge is -2.29. The van der Waals surface area contributed by atoms with E-state index in [-0.39, 0.29) is 35.3 Å². The molecule has 9 heteroatoms. The maximum atomic E-state index is 13.3. The van der Waals surface area contributed by atoms with Gasteiger partial charge < -0.3 is 29.7 Å². The number of hydrogen-bond acceptors (Lipinski definition) is 8. The second kappa shape index (κ2) is 13.8. The first kappa shape index (κ1) is 30.6. The SMILES string of the molecule is COC1=C2C[C@H](C)C[C@H](OC)[C@@H](O)[C@H](C)/C=C(\C)[C@H](O)[C@@H](OC)CC/C=C(\C)C(=O)NC(=CC1=O)C2=O. The van der Waals surface area contributed by atoms with Crippen LogP contribution in [-0.4, -0.2) is 73.4 Å². The molecule has 0 radical (unpaired) electrons. The van der Waals surface area contributed by atoms with Gasteiger partial charge in [-0.05, 0) is 51.0 Å². The average Bonchev–Trinajstić information content (AvgIpc) is 2.86. The van der Waals surface area contributed by atoms with Crippen LogP contribution in [-0.2, 0) is 28.6 Å². The number of hydrogen-bond donors (Lipinski definition) is 3. The number of rotatable bonds is 3. The number of carbonyl (C=O) groups is 3. The summed E-state index contributed by atoms with van der Waals surface area (Å²) in [6.07, 6.45) is 3.21. The molecule has 0 unspecified atom stereocenters. The fraction of sp³-hybridized carbons (Fsp3) is 0.607. The minimum Gasteiger partial charge on any atom is -0.492 e. The summed E-state index contributed by atoms with van der Waals surface area (Å²) in [5.74, 6) is -2.03. The van der Waals surface area contributed by atoms with Crippen molar-refractivity contribution < 1.29 is 38.8 Å². The third kappa shape index (κ3) is 7.70. The van der Waals surface area contributed by atoms with Crippen LogP contribution in [0.1, 0.15) is 53.4 Å². The number of carbonyl (C=O) groups excluding carboxylic acids is 3. The van der Waals surface area contributed by atoms with Crippen molar-refractivity contribution in [2.24, 2.45) is 11.8 Å². The quantitative estimate of drug-likeness (QED) is 0.383. The van der Waals surface area contributed by atoms with Crippen LogP contribution in [0, 0.1) is 11.8 Å². The van der Waals surface area contributed by atoms with Gasteiger partial charge in [0, 0.05) is 37.4 Å². The summed E-state index contributed by atoms with van der Waals surface area (Å²) in [6.45, 7) is 7.14. The molecule has 6 atom stereocenters. The third-order valence-corrected chi connectivity index (χ3v) is 7.06. The summed E-state index contributed by atoms with van der Waals surface area (Å²) in [5, 5.41) is 24.5. The van der Waals surface area contributed by atoms with Gasteiger partial charge in [0.05, 0.1) is 31.1 Å². The molecule has 0 saturated heterocycles. The molecule has 1 aliphatic carbocycles. The predicted molar refractivity (Wildman–Crippen MR) is 138 cm³/mol. The van der Waals surface area contributed by atoms with E-state index in [4.69, 9.17) is 14.2 Å². The number of methoxy groups -OCH3 is 3. The third-order valence-electron chi connectivity index (χ3n) is 7.06. The van der Waals surface area contributed by atoms with Crippen molar-refractivity contribution in [1.82, 2.24) is 5.32 Å². The summed E-state index contributed by atoms with van der Waals surface area (Å²) >= 11 is 0. The Hall–Kier alpha value is -2.59. The van der Waals surface area contributed by atoms with E-state index in [2.05, 4.69) is 5.32 Å². The number of Topliss-reactive ketones (excluding diaryl/α,β-unsaturated/α-hetero) is 1. The number of aliphatic hydroxyl groups is 2. The molecule has 0 aromatic rings. The Morgan fingerprint density at radius 2 is 1.65 bits per heavy atom. The highest BCUT2D eigenvalue weighted by Crippen LogP contribution is 2.29. The van der Waals surface area contributed by atoms with Crippen LogP contribution < -0.4 is 5.32 Å². The number of allylic oxidation sites excluding steroid dienone is 3. The molecule has 1 aliphatic heterocycles. The van der Waals surface area contributed by atoms with Gasteiger partial charge in [-0.1, -0.05) is 26.0 Å². The molecule has 2 rings (SSSR count). The molecule has 37 heavy (non-hydrogen) atoms. The Bertz CT molecular complexity index is 992. The van der Waals surface area contributed by atoms with Crippen molar-refractivity contribution in [3.63, 3.8) is 0 Å². The second-order valence-corrected chi connectivity index (χ2v) is 9.98. The standard InChI is InChI=1S/C28H41NO8/c1-15-11-19-26(33)20(14-21(30)27(19)37-7)29-28(34)16(2)9-8-10-22(35-5)24(31)17(3)13-18(4)25(32)23(12-15)36-6/h9,13-15,18,22-25,31-32H,8,10-12H2,1-7H3,(H,29,34)/b16-9+,17-13+/t15-,18+,22-,23-,24-,25-/m0/s1. The largest absolute Gasteiger partial charge is 0.492 e. The van der Waals surface area contributed by atoms with E-state index in [0.29, 0.717) is 30.4 Å². The fourth-order valence-corrected chi connectivity index (χ4v) is 4.81. The topological polar surface area (TPSA) is 131 Å². The monoisotopic (exact) mass is 519 g/mol. The Morgan fingerprint density at radius 1 is 1.00 bits per heavy atom. The van der Waals surface area contributed by atoms with E-state index in [9.17, 15) is 24.6 Å². The Morgan fingerprint density at radius 3 is 2.24 bits per heavy atom. The van der Waals surface area contributed by atoms with Crippen molar-refractivity contribution in [2.45, 2.75) is 77.8 Å². The van der Waals surface area contributed by atoms with Crippen LogP contribution in [0.5, 0.6) is 0 Å². The second-order valence-electron chi connectivity index (χ2n) is 9.98. The van der Waals surface area contributed by atoms with Gasteiger partial charge in [0.1, 0.15) is 6.10 Å². The van der Waals surface area contributed by atoms with Crippen LogP contribution in [0.15, 0.2) is 46.4 Å². The Balaban J connectivity index is 2.48. The smallest absolute Gasteiger partial charge is 0.251 e. The van der Waals surface area contributed by atoms with Crippen LogP contribution >= 0.6 is 0 Å². The zero-order chi connectivity index (χ0) is 27.9. The molecule has 2 bridgehead atoms.